The summed E-state index contributed by atoms with van der Waals surface area (Å²) in [5, 5.41) is 6.67. The number of nitrogens with one attached hydrogen (secondary N) is 2. The van der Waals surface area contributed by atoms with Gasteiger partial charge in [0.05, 0.1) is 17.3 Å². The van der Waals surface area contributed by atoms with Crippen molar-refractivity contribution in [3.05, 3.63) is 69.9 Å². The van der Waals surface area contributed by atoms with E-state index >= 15 is 0 Å². The number of aromatic nitrogens is 2. The number of benzene rings is 2. The zero-order chi connectivity index (χ0) is 23.5. The van der Waals surface area contributed by atoms with E-state index in [4.69, 9.17) is 21.1 Å². The highest BCUT2D eigenvalue weighted by molar-refractivity contribution is 6.32. The molecule has 5 rings (SSSR count). The molecule has 8 nitrogen and oxygen atoms in total. The highest BCUT2D eigenvalue weighted by Gasteiger charge is 2.38. The van der Waals surface area contributed by atoms with Gasteiger partial charge in [0.15, 0.2) is 5.82 Å². The van der Waals surface area contributed by atoms with E-state index in [9.17, 15) is 9.59 Å². The van der Waals surface area contributed by atoms with Gasteiger partial charge in [-0.1, -0.05) is 11.6 Å². The number of carbonyl (C=O) groups is 2. The van der Waals surface area contributed by atoms with E-state index < -0.39 is 11.2 Å². The maximum absolute atomic E-state index is 12.0. The summed E-state index contributed by atoms with van der Waals surface area (Å²) in [6.07, 6.45) is 1.49. The topological polar surface area (TPSA) is 102 Å². The summed E-state index contributed by atoms with van der Waals surface area (Å²) in [5.41, 5.74) is 2.68. The third-order valence-corrected chi connectivity index (χ3v) is 6.01. The minimum atomic E-state index is -0.710. The van der Waals surface area contributed by atoms with Gasteiger partial charge in [0.2, 0.25) is 5.95 Å². The second-order valence-electron chi connectivity index (χ2n) is 8.96. The third-order valence-electron chi connectivity index (χ3n) is 5.73. The van der Waals surface area contributed by atoms with Crippen LogP contribution < -0.4 is 10.6 Å². The maximum Gasteiger partial charge on any atom is 0.339 e. The van der Waals surface area contributed by atoms with E-state index in [1.165, 1.54) is 6.20 Å². The van der Waals surface area contributed by atoms with Gasteiger partial charge in [-0.25, -0.2) is 14.6 Å². The Balaban J connectivity index is 1.41. The Hall–Kier alpha value is -3.65. The van der Waals surface area contributed by atoms with Gasteiger partial charge >= 0.3 is 11.9 Å². The first kappa shape index (κ1) is 21.2. The lowest BCUT2D eigenvalue weighted by Gasteiger charge is -2.18. The lowest BCUT2D eigenvalue weighted by molar-refractivity contribution is 0.00843. The first-order chi connectivity index (χ1) is 15.5. The van der Waals surface area contributed by atoms with Crippen LogP contribution in [0.5, 0.6) is 0 Å². The Kier molecular flexibility index (Phi) is 4.61. The molecule has 33 heavy (non-hydrogen) atoms. The van der Waals surface area contributed by atoms with Crippen molar-refractivity contribution in [3.63, 3.8) is 0 Å². The quantitative estimate of drug-likeness (QED) is 0.493. The molecule has 0 saturated heterocycles. The highest BCUT2D eigenvalue weighted by atomic mass is 35.5. The zero-order valence-electron chi connectivity index (χ0n) is 18.4. The molecule has 0 amide bonds. The average molecular weight is 465 g/mol. The van der Waals surface area contributed by atoms with Crippen LogP contribution in [0.2, 0.25) is 5.02 Å². The van der Waals surface area contributed by atoms with Crippen molar-refractivity contribution in [3.8, 4) is 0 Å². The van der Waals surface area contributed by atoms with Gasteiger partial charge < -0.3 is 20.1 Å². The van der Waals surface area contributed by atoms with E-state index in [0.717, 1.165) is 11.1 Å². The average Bonchev–Trinajstić information content (AvgIpc) is 3.11. The minimum Gasteiger partial charge on any atom is -0.451 e. The van der Waals surface area contributed by atoms with Crippen molar-refractivity contribution in [1.82, 2.24) is 9.97 Å². The lowest BCUT2D eigenvalue weighted by atomic mass is 9.95. The second kappa shape index (κ2) is 7.18. The molecule has 0 spiro atoms. The first-order valence-electron chi connectivity index (χ1n) is 10.4. The number of anilines is 4. The summed E-state index contributed by atoms with van der Waals surface area (Å²) >= 11 is 6.33. The van der Waals surface area contributed by atoms with Crippen LogP contribution in [0.1, 0.15) is 59.5 Å². The summed E-state index contributed by atoms with van der Waals surface area (Å²) in [7, 11) is 0. The van der Waals surface area contributed by atoms with Gasteiger partial charge in [0.25, 0.3) is 0 Å². The molecule has 3 heterocycles. The van der Waals surface area contributed by atoms with Crippen LogP contribution in [0.3, 0.4) is 0 Å². The molecule has 1 aromatic heterocycles. The third kappa shape index (κ3) is 3.66. The molecule has 0 saturated carbocycles. The molecule has 2 aliphatic heterocycles. The molecule has 3 aromatic rings. The van der Waals surface area contributed by atoms with Crippen LogP contribution in [0.15, 0.2) is 42.6 Å². The smallest absolute Gasteiger partial charge is 0.339 e. The van der Waals surface area contributed by atoms with Gasteiger partial charge in [-0.2, -0.15) is 4.98 Å². The number of fused-ring (bicyclic) bond motifs is 2. The Morgan fingerprint density at radius 1 is 0.818 bits per heavy atom. The molecule has 0 bridgehead atoms. The molecule has 2 aromatic carbocycles. The number of halogens is 1. The number of rotatable bonds is 4. The number of esters is 2. The van der Waals surface area contributed by atoms with E-state index in [-0.39, 0.29) is 11.9 Å². The number of hydrogen-bond acceptors (Lipinski definition) is 8. The summed E-state index contributed by atoms with van der Waals surface area (Å²) in [4.78, 5) is 32.8. The SMILES string of the molecule is CC1(C)OC(=O)c2ccc(Nc3ncc(Cl)c(Nc4ccc5c(c4)C(C)(C)OC5=O)n3)cc21. The van der Waals surface area contributed by atoms with Gasteiger partial charge in [-0.15, -0.1) is 0 Å². The fraction of sp³-hybridized carbons (Fsp3) is 0.250. The number of ether oxygens (including phenoxy) is 2. The highest BCUT2D eigenvalue weighted by Crippen LogP contribution is 2.39. The van der Waals surface area contributed by atoms with E-state index in [1.54, 1.807) is 24.3 Å². The molecular formula is C24H21ClN4O4. The minimum absolute atomic E-state index is 0.324. The van der Waals surface area contributed by atoms with Crippen molar-refractivity contribution in [2.45, 2.75) is 38.9 Å². The molecule has 9 heteroatoms. The van der Waals surface area contributed by atoms with Crippen molar-refractivity contribution in [2.75, 3.05) is 10.6 Å². The summed E-state index contributed by atoms with van der Waals surface area (Å²) in [6.45, 7) is 7.38. The second-order valence-corrected chi connectivity index (χ2v) is 9.37. The Morgan fingerprint density at radius 2 is 1.33 bits per heavy atom. The van der Waals surface area contributed by atoms with Crippen LogP contribution in [0.4, 0.5) is 23.1 Å². The van der Waals surface area contributed by atoms with Gasteiger partial charge in [-0.3, -0.25) is 0 Å². The molecule has 0 atom stereocenters. The number of carbonyl (C=O) groups excluding carboxylic acids is 2. The monoisotopic (exact) mass is 464 g/mol. The maximum atomic E-state index is 12.0. The van der Waals surface area contributed by atoms with Crippen LogP contribution in [-0.4, -0.2) is 21.9 Å². The molecule has 2 aliphatic rings. The largest absolute Gasteiger partial charge is 0.451 e. The molecular weight excluding hydrogens is 444 g/mol. The van der Waals surface area contributed by atoms with E-state index in [2.05, 4.69) is 20.6 Å². The van der Waals surface area contributed by atoms with Crippen molar-refractivity contribution in [2.24, 2.45) is 0 Å². The standard InChI is InChI=1S/C24H21ClN4O4/c1-23(2)16-9-12(5-7-14(16)20(30)32-23)27-19-18(25)11-26-22(29-19)28-13-6-8-15-17(10-13)24(3,4)33-21(15)31/h5-11H,1-4H3,(H2,26,27,28,29). The van der Waals surface area contributed by atoms with Gasteiger partial charge in [0.1, 0.15) is 16.2 Å². The van der Waals surface area contributed by atoms with E-state index in [0.29, 0.717) is 39.3 Å². The Morgan fingerprint density at radius 3 is 1.88 bits per heavy atom. The van der Waals surface area contributed by atoms with Gasteiger partial charge in [-0.05, 0) is 64.1 Å². The summed E-state index contributed by atoms with van der Waals surface area (Å²) in [6, 6.07) is 10.7. The zero-order valence-corrected chi connectivity index (χ0v) is 19.2. The molecule has 0 aliphatic carbocycles. The van der Waals surface area contributed by atoms with Crippen LogP contribution in [0.25, 0.3) is 0 Å². The predicted molar refractivity (Wildman–Crippen MR) is 123 cm³/mol. The number of hydrogen-bond donors (Lipinski definition) is 2. The first-order valence-corrected chi connectivity index (χ1v) is 10.7. The normalized spacial score (nSPS) is 17.1. The predicted octanol–water partition coefficient (Wildman–Crippen LogP) is 5.43. The molecule has 0 radical (unpaired) electrons. The summed E-state index contributed by atoms with van der Waals surface area (Å²) in [5.74, 6) is 0.0557. The Bertz CT molecular complexity index is 1340. The Labute approximate surface area is 195 Å². The van der Waals surface area contributed by atoms with Gasteiger partial charge in [0, 0.05) is 22.5 Å². The fourth-order valence-corrected chi connectivity index (χ4v) is 4.20. The van der Waals surface area contributed by atoms with Crippen LogP contribution in [0, 0.1) is 0 Å². The fourth-order valence-electron chi connectivity index (χ4n) is 4.06. The van der Waals surface area contributed by atoms with E-state index in [1.807, 2.05) is 39.8 Å². The van der Waals surface area contributed by atoms with Crippen molar-refractivity contribution < 1.29 is 19.1 Å². The molecule has 0 unspecified atom stereocenters. The van der Waals surface area contributed by atoms with Crippen LogP contribution >= 0.6 is 11.6 Å². The lowest BCUT2D eigenvalue weighted by Crippen LogP contribution is -2.16. The summed E-state index contributed by atoms with van der Waals surface area (Å²) < 4.78 is 10.9. The molecule has 168 valence electrons. The van der Waals surface area contributed by atoms with Crippen LogP contribution in [-0.2, 0) is 20.7 Å². The number of nitrogens with zero attached hydrogens (tertiary/aromatic N) is 2. The van der Waals surface area contributed by atoms with Crippen molar-refractivity contribution in [1.29, 1.82) is 0 Å². The molecule has 0 fully saturated rings. The number of cyclic esters (lactones) is 2. The molecule has 2 N–H and O–H groups in total. The van der Waals surface area contributed by atoms with Crippen molar-refractivity contribution >= 4 is 46.7 Å².